The summed E-state index contributed by atoms with van der Waals surface area (Å²) in [6.45, 7) is 5.43. The first kappa shape index (κ1) is 12.4. The molecule has 1 aromatic heterocycles. The zero-order valence-corrected chi connectivity index (χ0v) is 10.9. The fourth-order valence-electron chi connectivity index (χ4n) is 2.22. The van der Waals surface area contributed by atoms with Crippen molar-refractivity contribution in [1.29, 1.82) is 0 Å². The number of aryl methyl sites for hydroxylation is 3. The van der Waals surface area contributed by atoms with Crippen LogP contribution < -0.4 is 5.56 Å². The summed E-state index contributed by atoms with van der Waals surface area (Å²) in [7, 11) is 1.66. The third-order valence-corrected chi connectivity index (χ3v) is 3.46. The maximum Gasteiger partial charge on any atom is 0.336 e. The Balaban J connectivity index is 3.13. The van der Waals surface area contributed by atoms with Gasteiger partial charge in [0.15, 0.2) is 0 Å². The molecule has 4 nitrogen and oxygen atoms in total. The average Bonchev–Trinajstić information content (AvgIpc) is 2.29. The van der Waals surface area contributed by atoms with E-state index in [1.165, 1.54) is 4.57 Å². The van der Waals surface area contributed by atoms with Crippen LogP contribution in [0.4, 0.5) is 0 Å². The van der Waals surface area contributed by atoms with Crippen LogP contribution in [0, 0.1) is 20.8 Å². The highest BCUT2D eigenvalue weighted by molar-refractivity contribution is 6.04. The Kier molecular flexibility index (Phi) is 2.73. The van der Waals surface area contributed by atoms with Gasteiger partial charge in [0.2, 0.25) is 0 Å². The van der Waals surface area contributed by atoms with Gasteiger partial charge in [-0.25, -0.2) is 4.79 Å². The van der Waals surface area contributed by atoms with E-state index < -0.39 is 5.97 Å². The number of hydrogen-bond acceptors (Lipinski definition) is 2. The Hall–Kier alpha value is -2.10. The van der Waals surface area contributed by atoms with E-state index in [2.05, 4.69) is 0 Å². The molecule has 18 heavy (non-hydrogen) atoms. The number of carbonyl (C=O) groups is 1. The van der Waals surface area contributed by atoms with Crippen LogP contribution >= 0.6 is 0 Å². The number of hydrogen-bond donors (Lipinski definition) is 1. The van der Waals surface area contributed by atoms with Gasteiger partial charge in [0.1, 0.15) is 0 Å². The van der Waals surface area contributed by atoms with E-state index in [4.69, 9.17) is 0 Å². The Morgan fingerprint density at radius 1 is 1.17 bits per heavy atom. The Labute approximate surface area is 104 Å². The molecule has 0 atom stereocenters. The van der Waals surface area contributed by atoms with Crippen molar-refractivity contribution in [3.05, 3.63) is 44.7 Å². The lowest BCUT2D eigenvalue weighted by molar-refractivity contribution is 0.0698. The highest BCUT2D eigenvalue weighted by Crippen LogP contribution is 2.23. The van der Waals surface area contributed by atoms with Crippen molar-refractivity contribution >= 4 is 16.9 Å². The molecule has 0 saturated carbocycles. The van der Waals surface area contributed by atoms with Crippen LogP contribution in [0.15, 0.2) is 16.9 Å². The molecule has 0 saturated heterocycles. The predicted octanol–water partition coefficient (Wildman–Crippen LogP) is 2.16. The summed E-state index contributed by atoms with van der Waals surface area (Å²) >= 11 is 0. The summed E-state index contributed by atoms with van der Waals surface area (Å²) < 4.78 is 1.50. The molecule has 4 heteroatoms. The van der Waals surface area contributed by atoms with Crippen molar-refractivity contribution in [1.82, 2.24) is 4.57 Å². The molecule has 0 amide bonds. The van der Waals surface area contributed by atoms with Crippen molar-refractivity contribution in [2.75, 3.05) is 0 Å². The first-order chi connectivity index (χ1) is 8.34. The van der Waals surface area contributed by atoms with Crippen LogP contribution in [0.2, 0.25) is 0 Å². The number of aromatic carboxylic acids is 1. The predicted molar refractivity (Wildman–Crippen MR) is 70.4 cm³/mol. The van der Waals surface area contributed by atoms with Gasteiger partial charge in [-0.05, 0) is 44.0 Å². The Bertz CT molecular complexity index is 726. The molecule has 0 aliphatic heterocycles. The van der Waals surface area contributed by atoms with Gasteiger partial charge in [-0.3, -0.25) is 4.79 Å². The van der Waals surface area contributed by atoms with Gasteiger partial charge in [0.05, 0.1) is 11.1 Å². The molecule has 1 aromatic carbocycles. The summed E-state index contributed by atoms with van der Waals surface area (Å²) in [6.07, 6.45) is 0. The van der Waals surface area contributed by atoms with E-state index in [0.29, 0.717) is 10.9 Å². The van der Waals surface area contributed by atoms with E-state index in [9.17, 15) is 14.7 Å². The quantitative estimate of drug-likeness (QED) is 0.837. The monoisotopic (exact) mass is 245 g/mol. The van der Waals surface area contributed by atoms with Gasteiger partial charge in [0.25, 0.3) is 5.56 Å². The van der Waals surface area contributed by atoms with Crippen LogP contribution in [-0.4, -0.2) is 15.6 Å². The lowest BCUT2D eigenvalue weighted by Crippen LogP contribution is -2.23. The summed E-state index contributed by atoms with van der Waals surface area (Å²) in [6, 6.07) is 3.69. The van der Waals surface area contributed by atoms with Crippen LogP contribution in [0.1, 0.15) is 27.0 Å². The number of benzene rings is 1. The van der Waals surface area contributed by atoms with E-state index >= 15 is 0 Å². The van der Waals surface area contributed by atoms with Crippen molar-refractivity contribution in [3.63, 3.8) is 0 Å². The van der Waals surface area contributed by atoms with Crippen LogP contribution in [-0.2, 0) is 7.05 Å². The summed E-state index contributed by atoms with van der Waals surface area (Å²) in [5.74, 6) is -1.06. The largest absolute Gasteiger partial charge is 0.478 e. The lowest BCUT2D eigenvalue weighted by Gasteiger charge is -2.13. The average molecular weight is 245 g/mol. The van der Waals surface area contributed by atoms with Gasteiger partial charge >= 0.3 is 5.97 Å². The van der Waals surface area contributed by atoms with Crippen LogP contribution in [0.5, 0.6) is 0 Å². The van der Waals surface area contributed by atoms with E-state index in [1.54, 1.807) is 14.0 Å². The minimum Gasteiger partial charge on any atom is -0.478 e. The summed E-state index contributed by atoms with van der Waals surface area (Å²) in [5.41, 5.74) is 2.84. The molecule has 94 valence electrons. The molecule has 0 aliphatic rings. The molecule has 0 spiro atoms. The van der Waals surface area contributed by atoms with Gasteiger partial charge in [0, 0.05) is 18.0 Å². The first-order valence-corrected chi connectivity index (χ1v) is 5.68. The minimum absolute atomic E-state index is 0.108. The second kappa shape index (κ2) is 3.98. The van der Waals surface area contributed by atoms with Gasteiger partial charge in [-0.1, -0.05) is 0 Å². The molecule has 1 heterocycles. The third-order valence-electron chi connectivity index (χ3n) is 3.46. The van der Waals surface area contributed by atoms with E-state index in [1.807, 2.05) is 26.0 Å². The molecule has 0 bridgehead atoms. The van der Waals surface area contributed by atoms with E-state index in [0.717, 1.165) is 11.1 Å². The van der Waals surface area contributed by atoms with Gasteiger partial charge in [-0.15, -0.1) is 0 Å². The molecule has 0 unspecified atom stereocenters. The molecule has 0 radical (unpaired) electrons. The van der Waals surface area contributed by atoms with Crippen molar-refractivity contribution in [3.8, 4) is 0 Å². The SMILES string of the molecule is Cc1cc2c(C(=O)O)c(C)c(=O)n(C)c2cc1C. The third kappa shape index (κ3) is 1.61. The molecule has 2 rings (SSSR count). The lowest BCUT2D eigenvalue weighted by atomic mass is 9.99. The van der Waals surface area contributed by atoms with Crippen molar-refractivity contribution in [2.24, 2.45) is 7.05 Å². The topological polar surface area (TPSA) is 59.3 Å². The number of pyridine rings is 1. The summed E-state index contributed by atoms with van der Waals surface area (Å²) in [5, 5.41) is 9.91. The standard InChI is InChI=1S/C14H15NO3/c1-7-5-10-11(6-8(7)2)15(4)13(16)9(3)12(10)14(17)18/h5-6H,1-4H3,(H,17,18). The smallest absolute Gasteiger partial charge is 0.336 e. The van der Waals surface area contributed by atoms with Crippen molar-refractivity contribution < 1.29 is 9.90 Å². The summed E-state index contributed by atoms with van der Waals surface area (Å²) in [4.78, 5) is 23.4. The number of carboxylic acid groups (broad SMARTS) is 1. The molecule has 2 aromatic rings. The number of rotatable bonds is 1. The zero-order chi connectivity index (χ0) is 13.6. The normalized spacial score (nSPS) is 10.9. The highest BCUT2D eigenvalue weighted by Gasteiger charge is 2.17. The number of carboxylic acids is 1. The highest BCUT2D eigenvalue weighted by atomic mass is 16.4. The van der Waals surface area contributed by atoms with Gasteiger partial charge < -0.3 is 9.67 Å². The maximum absolute atomic E-state index is 12.0. The molecular weight excluding hydrogens is 230 g/mol. The first-order valence-electron chi connectivity index (χ1n) is 5.68. The van der Waals surface area contributed by atoms with E-state index in [-0.39, 0.29) is 16.7 Å². The molecule has 0 fully saturated rings. The maximum atomic E-state index is 12.0. The molecule has 0 aliphatic carbocycles. The number of fused-ring (bicyclic) bond motifs is 1. The number of nitrogens with zero attached hydrogens (tertiary/aromatic N) is 1. The molecular formula is C14H15NO3. The van der Waals surface area contributed by atoms with Gasteiger partial charge in [-0.2, -0.15) is 0 Å². The zero-order valence-electron chi connectivity index (χ0n) is 10.9. The Morgan fingerprint density at radius 3 is 2.28 bits per heavy atom. The van der Waals surface area contributed by atoms with Crippen LogP contribution in [0.3, 0.4) is 0 Å². The second-order valence-corrected chi connectivity index (χ2v) is 4.62. The molecule has 1 N–H and O–H groups in total. The minimum atomic E-state index is -1.06. The fraction of sp³-hybridized carbons (Fsp3) is 0.286. The number of aromatic nitrogens is 1. The fourth-order valence-corrected chi connectivity index (χ4v) is 2.22. The van der Waals surface area contributed by atoms with Crippen molar-refractivity contribution in [2.45, 2.75) is 20.8 Å². The second-order valence-electron chi connectivity index (χ2n) is 4.62. The Morgan fingerprint density at radius 2 is 1.72 bits per heavy atom. The van der Waals surface area contributed by atoms with Crippen LogP contribution in [0.25, 0.3) is 10.9 Å².